The zero-order valence-electron chi connectivity index (χ0n) is 12.1. The van der Waals surface area contributed by atoms with Crippen molar-refractivity contribution in [1.29, 1.82) is 0 Å². The van der Waals surface area contributed by atoms with Gasteiger partial charge in [0, 0.05) is 6.04 Å². The number of benzene rings is 2. The summed E-state index contributed by atoms with van der Waals surface area (Å²) in [5.41, 5.74) is 7.89. The second-order valence-electron chi connectivity index (χ2n) is 5.10. The zero-order valence-corrected chi connectivity index (χ0v) is 12.9. The molecule has 0 aliphatic rings. The van der Waals surface area contributed by atoms with Crippen LogP contribution in [0.5, 0.6) is 5.75 Å². The predicted molar refractivity (Wildman–Crippen MR) is 84.2 cm³/mol. The van der Waals surface area contributed by atoms with E-state index in [1.54, 1.807) is 12.1 Å². The molecule has 0 heterocycles. The molecule has 2 atom stereocenters. The van der Waals surface area contributed by atoms with Gasteiger partial charge >= 0.3 is 0 Å². The molecule has 0 saturated heterocycles. The van der Waals surface area contributed by atoms with E-state index in [4.69, 9.17) is 22.1 Å². The summed E-state index contributed by atoms with van der Waals surface area (Å²) >= 11 is 6.17. The lowest BCUT2D eigenvalue weighted by atomic mass is 10.0. The standard InChI is InChI=1S/C17H19ClFNO/c1-3-15(20)17(12-5-4-6-13(19)10-12)21-16-9-11(2)7-8-14(16)18/h4-10,15,17H,3,20H2,1-2H3. The van der Waals surface area contributed by atoms with Crippen LogP contribution in [0.15, 0.2) is 42.5 Å². The number of aryl methyl sites for hydroxylation is 1. The van der Waals surface area contributed by atoms with Crippen molar-refractivity contribution in [2.24, 2.45) is 5.73 Å². The lowest BCUT2D eigenvalue weighted by molar-refractivity contribution is 0.170. The Labute approximate surface area is 129 Å². The molecule has 2 aromatic rings. The monoisotopic (exact) mass is 307 g/mol. The minimum Gasteiger partial charge on any atom is -0.483 e. The molecule has 0 aliphatic carbocycles. The summed E-state index contributed by atoms with van der Waals surface area (Å²) < 4.78 is 19.5. The van der Waals surface area contributed by atoms with Gasteiger partial charge in [0.15, 0.2) is 0 Å². The maximum absolute atomic E-state index is 13.5. The number of hydrogen-bond donors (Lipinski definition) is 1. The van der Waals surface area contributed by atoms with E-state index in [0.29, 0.717) is 22.8 Å². The molecule has 4 heteroatoms. The average Bonchev–Trinajstić information content (AvgIpc) is 2.47. The SMILES string of the molecule is CCC(N)C(Oc1cc(C)ccc1Cl)c1cccc(F)c1. The predicted octanol–water partition coefficient (Wildman–Crippen LogP) is 4.64. The van der Waals surface area contributed by atoms with E-state index in [1.807, 2.05) is 32.0 Å². The Morgan fingerprint density at radius 2 is 2.00 bits per heavy atom. The minimum atomic E-state index is -0.440. The molecule has 0 spiro atoms. The molecule has 2 aromatic carbocycles. The summed E-state index contributed by atoms with van der Waals surface area (Å²) in [6, 6.07) is 11.6. The lowest BCUT2D eigenvalue weighted by Crippen LogP contribution is -2.31. The molecule has 2 N–H and O–H groups in total. The molecule has 0 radical (unpaired) electrons. The Balaban J connectivity index is 2.35. The fourth-order valence-electron chi connectivity index (χ4n) is 2.14. The Bertz CT molecular complexity index is 617. The van der Waals surface area contributed by atoms with Crippen molar-refractivity contribution >= 4 is 11.6 Å². The van der Waals surface area contributed by atoms with Gasteiger partial charge in [0.05, 0.1) is 5.02 Å². The average molecular weight is 308 g/mol. The minimum absolute atomic E-state index is 0.247. The van der Waals surface area contributed by atoms with Crippen molar-refractivity contribution in [3.8, 4) is 5.75 Å². The highest BCUT2D eigenvalue weighted by Gasteiger charge is 2.22. The number of ether oxygens (including phenoxy) is 1. The zero-order chi connectivity index (χ0) is 15.4. The Kier molecular flexibility index (Phi) is 5.21. The smallest absolute Gasteiger partial charge is 0.139 e. The van der Waals surface area contributed by atoms with Gasteiger partial charge in [-0.3, -0.25) is 0 Å². The first kappa shape index (κ1) is 15.8. The van der Waals surface area contributed by atoms with E-state index in [1.165, 1.54) is 12.1 Å². The van der Waals surface area contributed by atoms with Gasteiger partial charge in [0.1, 0.15) is 17.7 Å². The van der Waals surface area contributed by atoms with Crippen molar-refractivity contribution in [2.75, 3.05) is 0 Å². The first-order chi connectivity index (χ1) is 10.0. The second kappa shape index (κ2) is 6.92. The van der Waals surface area contributed by atoms with Gasteiger partial charge in [-0.15, -0.1) is 0 Å². The van der Waals surface area contributed by atoms with E-state index in [-0.39, 0.29) is 11.9 Å². The van der Waals surface area contributed by atoms with E-state index in [2.05, 4.69) is 0 Å². The molecule has 21 heavy (non-hydrogen) atoms. The summed E-state index contributed by atoms with van der Waals surface area (Å²) in [4.78, 5) is 0. The number of rotatable bonds is 5. The van der Waals surface area contributed by atoms with Gasteiger partial charge in [-0.25, -0.2) is 4.39 Å². The summed E-state index contributed by atoms with van der Waals surface area (Å²) in [6.45, 7) is 3.93. The second-order valence-corrected chi connectivity index (χ2v) is 5.51. The summed E-state index contributed by atoms with van der Waals surface area (Å²) in [6.07, 6.45) is 0.273. The molecule has 0 fully saturated rings. The van der Waals surface area contributed by atoms with Gasteiger partial charge in [0.25, 0.3) is 0 Å². The number of halogens is 2. The van der Waals surface area contributed by atoms with Crippen LogP contribution in [-0.2, 0) is 0 Å². The maximum atomic E-state index is 13.5. The van der Waals surface area contributed by atoms with Crippen LogP contribution in [0, 0.1) is 12.7 Å². The third-order valence-electron chi connectivity index (χ3n) is 3.38. The fraction of sp³-hybridized carbons (Fsp3) is 0.294. The van der Waals surface area contributed by atoms with Crippen LogP contribution in [-0.4, -0.2) is 6.04 Å². The maximum Gasteiger partial charge on any atom is 0.139 e. The molecule has 0 saturated carbocycles. The molecule has 2 unspecified atom stereocenters. The molecule has 0 aliphatic heterocycles. The van der Waals surface area contributed by atoms with Crippen molar-refractivity contribution in [3.05, 3.63) is 64.4 Å². The van der Waals surface area contributed by atoms with Gasteiger partial charge in [-0.05, 0) is 48.7 Å². The van der Waals surface area contributed by atoms with Crippen LogP contribution in [0.4, 0.5) is 4.39 Å². The molecular weight excluding hydrogens is 289 g/mol. The summed E-state index contributed by atoms with van der Waals surface area (Å²) in [5.74, 6) is 0.259. The van der Waals surface area contributed by atoms with Gasteiger partial charge < -0.3 is 10.5 Å². The van der Waals surface area contributed by atoms with Gasteiger partial charge in [0.2, 0.25) is 0 Å². The Morgan fingerprint density at radius 3 is 2.67 bits per heavy atom. The van der Waals surface area contributed by atoms with E-state index < -0.39 is 6.10 Å². The molecule has 0 amide bonds. The van der Waals surface area contributed by atoms with Crippen LogP contribution in [0.1, 0.15) is 30.6 Å². The lowest BCUT2D eigenvalue weighted by Gasteiger charge is -2.25. The molecule has 2 nitrogen and oxygen atoms in total. The molecule has 0 aromatic heterocycles. The van der Waals surface area contributed by atoms with Crippen molar-refractivity contribution < 1.29 is 9.13 Å². The first-order valence-electron chi connectivity index (χ1n) is 6.95. The Hall–Kier alpha value is -1.58. The highest BCUT2D eigenvalue weighted by Crippen LogP contribution is 2.32. The summed E-state index contributed by atoms with van der Waals surface area (Å²) in [5, 5.41) is 0.519. The van der Waals surface area contributed by atoms with Crippen LogP contribution in [0.3, 0.4) is 0 Å². The number of hydrogen-bond acceptors (Lipinski definition) is 2. The topological polar surface area (TPSA) is 35.2 Å². The van der Waals surface area contributed by atoms with Crippen molar-refractivity contribution in [1.82, 2.24) is 0 Å². The first-order valence-corrected chi connectivity index (χ1v) is 7.33. The van der Waals surface area contributed by atoms with Crippen molar-refractivity contribution in [2.45, 2.75) is 32.4 Å². The largest absolute Gasteiger partial charge is 0.483 e. The Morgan fingerprint density at radius 1 is 1.24 bits per heavy atom. The van der Waals surface area contributed by atoms with Crippen molar-refractivity contribution in [3.63, 3.8) is 0 Å². The summed E-state index contributed by atoms with van der Waals surface area (Å²) in [7, 11) is 0. The highest BCUT2D eigenvalue weighted by molar-refractivity contribution is 6.32. The van der Waals surface area contributed by atoms with E-state index in [9.17, 15) is 4.39 Å². The van der Waals surface area contributed by atoms with E-state index in [0.717, 1.165) is 5.56 Å². The molecule has 0 bridgehead atoms. The normalized spacial score (nSPS) is 13.8. The van der Waals surface area contributed by atoms with Crippen LogP contribution in [0.2, 0.25) is 5.02 Å². The van der Waals surface area contributed by atoms with Gasteiger partial charge in [-0.2, -0.15) is 0 Å². The fourth-order valence-corrected chi connectivity index (χ4v) is 2.30. The molecular formula is C17H19ClFNO. The quantitative estimate of drug-likeness (QED) is 0.873. The molecule has 112 valence electrons. The van der Waals surface area contributed by atoms with Crippen LogP contribution in [0.25, 0.3) is 0 Å². The highest BCUT2D eigenvalue weighted by atomic mass is 35.5. The number of nitrogens with two attached hydrogens (primary N) is 1. The molecule has 2 rings (SSSR count). The van der Waals surface area contributed by atoms with E-state index >= 15 is 0 Å². The van der Waals surface area contributed by atoms with Gasteiger partial charge in [-0.1, -0.05) is 36.7 Å². The van der Waals surface area contributed by atoms with Crippen LogP contribution < -0.4 is 10.5 Å². The third-order valence-corrected chi connectivity index (χ3v) is 3.69. The third kappa shape index (κ3) is 3.96. The van der Waals surface area contributed by atoms with Crippen LogP contribution >= 0.6 is 11.6 Å².